The summed E-state index contributed by atoms with van der Waals surface area (Å²) in [5.74, 6) is 3.24. The first-order valence-electron chi connectivity index (χ1n) is 49.3. The fourth-order valence-electron chi connectivity index (χ4n) is 24.1. The first-order valence-corrected chi connectivity index (χ1v) is 49.6. The van der Waals surface area contributed by atoms with Crippen molar-refractivity contribution in [3.8, 4) is 5.88 Å². The van der Waals surface area contributed by atoms with Crippen LogP contribution in [0.2, 0.25) is 5.02 Å². The van der Waals surface area contributed by atoms with E-state index in [0.29, 0.717) is 86.8 Å². The molecular weight excluding hydrogens is 1770 g/mol. The Morgan fingerprint density at radius 3 is 1.22 bits per heavy atom. The molecule has 29 heteroatoms. The van der Waals surface area contributed by atoms with E-state index < -0.39 is 35.1 Å². The van der Waals surface area contributed by atoms with Crippen LogP contribution in [0.15, 0.2) is 152 Å². The Kier molecular flexibility index (Phi) is 27.7. The first-order chi connectivity index (χ1) is 66.7. The smallest absolute Gasteiger partial charge is 0.416 e. The molecule has 0 unspecified atom stereocenters. The van der Waals surface area contributed by atoms with Crippen LogP contribution in [-0.2, 0) is 90.2 Å². The van der Waals surface area contributed by atoms with E-state index in [4.69, 9.17) is 55.2 Å². The van der Waals surface area contributed by atoms with Crippen LogP contribution in [0.5, 0.6) is 5.88 Å². The summed E-state index contributed by atoms with van der Waals surface area (Å²) in [5.41, 5.74) is 18.4. The number of rotatable bonds is 16. The molecule has 6 atom stereocenters. The molecule has 5 fully saturated rings. The van der Waals surface area contributed by atoms with Crippen LogP contribution >= 0.6 is 11.6 Å². The molecule has 9 aliphatic rings. The van der Waals surface area contributed by atoms with Crippen molar-refractivity contribution in [1.29, 1.82) is 0 Å². The van der Waals surface area contributed by atoms with Crippen molar-refractivity contribution in [3.63, 3.8) is 0 Å². The lowest BCUT2D eigenvalue weighted by molar-refractivity contribution is -0.150. The van der Waals surface area contributed by atoms with Gasteiger partial charge >= 0.3 is 36.3 Å². The number of Topliss-reactive ketones (excluding diaryl/α,β-unsaturated/α-hetero) is 1. The molecule has 138 heavy (non-hydrogen) atoms. The second-order valence-electron chi connectivity index (χ2n) is 39.8. The molecule has 28 nitrogen and oxygen atoms in total. The highest BCUT2D eigenvalue weighted by Crippen LogP contribution is 2.62. The third-order valence-electron chi connectivity index (χ3n) is 31.5. The van der Waals surface area contributed by atoms with E-state index >= 15 is 0 Å². The van der Waals surface area contributed by atoms with Crippen LogP contribution in [0.1, 0.15) is 262 Å². The summed E-state index contributed by atoms with van der Waals surface area (Å²) < 4.78 is 35.1. The minimum Gasteiger partial charge on any atom is -0.481 e. The summed E-state index contributed by atoms with van der Waals surface area (Å²) in [6.45, 7) is 9.73. The molecule has 724 valence electrons. The molecule has 21 rings (SSSR count). The summed E-state index contributed by atoms with van der Waals surface area (Å²) in [4.78, 5) is 118. The van der Waals surface area contributed by atoms with Gasteiger partial charge in [0, 0.05) is 95.6 Å². The lowest BCUT2D eigenvalue weighted by Crippen LogP contribution is -2.43. The van der Waals surface area contributed by atoms with Gasteiger partial charge in [0.05, 0.1) is 119 Å². The summed E-state index contributed by atoms with van der Waals surface area (Å²) in [7, 11) is 7.15. The summed E-state index contributed by atoms with van der Waals surface area (Å²) in [6.07, 6.45) is 22.9. The third-order valence-corrected chi connectivity index (χ3v) is 31.8. The number of carbonyl (C=O) groups is 7. The van der Waals surface area contributed by atoms with Crippen molar-refractivity contribution < 1.29 is 72.6 Å². The van der Waals surface area contributed by atoms with Crippen molar-refractivity contribution in [2.24, 2.45) is 16.7 Å². The largest absolute Gasteiger partial charge is 0.481 e. The van der Waals surface area contributed by atoms with Crippen molar-refractivity contribution in [2.75, 3.05) is 55.1 Å². The number of hydrogen-bond donors (Lipinski definition) is 3. The van der Waals surface area contributed by atoms with Gasteiger partial charge in [-0.2, -0.15) is 0 Å². The number of aliphatic hydroxyl groups is 1. The molecule has 0 radical (unpaired) electrons. The summed E-state index contributed by atoms with van der Waals surface area (Å²) in [6, 6.07) is 52.2. The molecule has 7 aromatic carbocycles. The normalized spacial score (nSPS) is 23.2. The van der Waals surface area contributed by atoms with Crippen LogP contribution in [0.25, 0.3) is 44.1 Å². The quantitative estimate of drug-likeness (QED) is 0.0757. The number of benzene rings is 7. The standard InChI is InChI=1S/C28H33ClN4O4.C28H33N3O4.C27H29N3O5.C26H31N3O2/c1-16-8-10-21-23(32(16)28(35)37-4)12-13-24-26(21)31-25(15-19-9-11-22(29)27(30-19)36-3)33(24)20-7-5-6-18(14-20)17(2)34;1-18-9-10-21-22(30(18)27(34)35-3)11-12-23-25(21)29-24(17-19-7-5-4-6-8-19)31(23)20-13-15-28(2,16-14-20)26(32)33;1-35-25(34)29-19-8-9-20-23(18(19)7-10-22(29)31)28-21(15-17-5-3-2-4-6-17)30(20)27-13-11-26(16-27,12-14-27)24(32)33;1-18-13-14-21-22(28(18)26(30)31-2)15-16-23-25(21)27-24(17-19-9-5-3-6-10-19)29(23)20-11-7-4-8-12-20/h9,11-13,16,18,20H,5-8,10,14-15H2,1-4H3;4-8,11-12,18,20H,9-10,13-17H2,1-3H3,(H,32,33);2-6,8-9,22,31H,7,10-16H2,1H3,(H,32,33);3,5-6,9-10,15-16,18,20H,4,7-8,11-14,17H2,1-2H3/t16-,18+,20+;18-,20?,28?;22-,26?,27?;18-/m0000/s1. The van der Waals surface area contributed by atoms with Gasteiger partial charge in [-0.15, -0.1) is 0 Å². The molecule has 2 bridgehead atoms. The Hall–Kier alpha value is -12.7. The number of aliphatic hydroxyl groups excluding tert-OH is 1. The number of halogens is 1. The number of fused-ring (bicyclic) bond motifs is 14. The number of aryl methyl sites for hydroxylation is 4. The molecule has 12 aromatic rings. The Labute approximate surface area is 809 Å². The van der Waals surface area contributed by atoms with Gasteiger partial charge in [0.2, 0.25) is 5.88 Å². The van der Waals surface area contributed by atoms with Crippen molar-refractivity contribution in [3.05, 3.63) is 225 Å². The van der Waals surface area contributed by atoms with E-state index in [1.807, 2.05) is 87.5 Å². The van der Waals surface area contributed by atoms with Crippen molar-refractivity contribution in [1.82, 2.24) is 43.2 Å². The van der Waals surface area contributed by atoms with Gasteiger partial charge in [0.25, 0.3) is 0 Å². The van der Waals surface area contributed by atoms with E-state index in [1.54, 1.807) is 34.8 Å². The Bertz CT molecular complexity index is 6590. The van der Waals surface area contributed by atoms with E-state index in [1.165, 1.54) is 87.7 Å². The number of methoxy groups -OCH3 is 5. The molecule has 0 saturated heterocycles. The highest BCUT2D eigenvalue weighted by atomic mass is 35.5. The van der Waals surface area contributed by atoms with Gasteiger partial charge in [0.15, 0.2) is 0 Å². The number of anilines is 4. The van der Waals surface area contributed by atoms with Gasteiger partial charge in [-0.1, -0.05) is 128 Å². The number of nitrogens with zero attached hydrogens (tertiary/aromatic N) is 13. The molecule has 5 aromatic heterocycles. The average molecular weight is 1890 g/mol. The van der Waals surface area contributed by atoms with E-state index in [2.05, 4.69) is 109 Å². The average Bonchev–Trinajstić information content (AvgIpc) is 1.56. The number of ketones is 1. The minimum absolute atomic E-state index is 0.0411. The fraction of sp³-hybridized carbons (Fsp3) is 0.468. The fourth-order valence-corrected chi connectivity index (χ4v) is 24.3. The first kappa shape index (κ1) is 95.6. The van der Waals surface area contributed by atoms with Gasteiger partial charge in [-0.25, -0.2) is 44.1 Å². The molecule has 3 N–H and O–H groups in total. The Morgan fingerprint density at radius 2 is 0.797 bits per heavy atom. The summed E-state index contributed by atoms with van der Waals surface area (Å²) >= 11 is 6.22. The number of pyridine rings is 1. The Morgan fingerprint density at radius 1 is 0.406 bits per heavy atom. The second kappa shape index (κ2) is 40.0. The number of amides is 4. The predicted molar refractivity (Wildman–Crippen MR) is 531 cm³/mol. The zero-order chi connectivity index (χ0) is 96.8. The monoisotopic (exact) mass is 1890 g/mol. The number of carboxylic acids is 2. The van der Waals surface area contributed by atoms with E-state index in [-0.39, 0.29) is 65.7 Å². The van der Waals surface area contributed by atoms with Crippen LogP contribution in [0, 0.1) is 16.7 Å². The maximum atomic E-state index is 12.6. The molecule has 0 spiro atoms. The number of carboxylic acid groups (broad SMARTS) is 2. The van der Waals surface area contributed by atoms with Crippen LogP contribution < -0.4 is 24.3 Å². The van der Waals surface area contributed by atoms with Crippen molar-refractivity contribution >= 4 is 121 Å². The highest BCUT2D eigenvalue weighted by Gasteiger charge is 2.60. The zero-order valence-corrected chi connectivity index (χ0v) is 81.5. The van der Waals surface area contributed by atoms with E-state index in [0.717, 1.165) is 203 Å². The van der Waals surface area contributed by atoms with Crippen molar-refractivity contribution in [2.45, 2.75) is 275 Å². The topological polar surface area (TPSA) is 323 Å². The molecular formula is C109H126ClN13O15. The molecule has 5 saturated carbocycles. The number of ether oxygens (including phenoxy) is 5. The lowest BCUT2D eigenvalue weighted by Gasteiger charge is -2.36. The molecule has 4 amide bonds. The molecule has 5 aliphatic carbocycles. The van der Waals surface area contributed by atoms with E-state index in [9.17, 15) is 48.9 Å². The minimum atomic E-state index is -0.947. The van der Waals surface area contributed by atoms with Gasteiger partial charge < -0.3 is 57.3 Å². The van der Waals surface area contributed by atoms with Crippen LogP contribution in [0.3, 0.4) is 0 Å². The number of aliphatic carboxylic acids is 2. The predicted octanol–water partition coefficient (Wildman–Crippen LogP) is 21.9. The number of imidazole rings is 4. The maximum absolute atomic E-state index is 12.6. The summed E-state index contributed by atoms with van der Waals surface area (Å²) in [5, 5.41) is 30.7. The highest BCUT2D eigenvalue weighted by molar-refractivity contribution is 6.31. The zero-order valence-electron chi connectivity index (χ0n) is 80.7. The Balaban J connectivity index is 0.000000122. The number of carbonyl (C=O) groups excluding carboxylic acids is 5. The number of hydrogen-bond acceptors (Lipinski definition) is 18. The maximum Gasteiger partial charge on any atom is 0.416 e. The number of aromatic nitrogens is 9. The lowest BCUT2D eigenvalue weighted by atomic mass is 9.74. The van der Waals surface area contributed by atoms with Crippen LogP contribution in [0.4, 0.5) is 41.9 Å². The second-order valence-corrected chi connectivity index (χ2v) is 40.2. The van der Waals surface area contributed by atoms with Crippen LogP contribution in [-0.4, -0.2) is 161 Å². The van der Waals surface area contributed by atoms with Gasteiger partial charge in [-0.3, -0.25) is 34.0 Å². The third kappa shape index (κ3) is 18.2. The molecule has 4 aliphatic heterocycles. The molecule has 9 heterocycles. The SMILES string of the molecule is COC(=O)N1c2ccc3c(nc(Cc4ccc(Cl)c(OC)n4)n3[C@@H]3CCC[C@@H](C(C)=O)C3)c2CC[C@@H]1C.COC(=O)N1c2ccc3c(nc(Cc4ccccc4)n3C34CCC(C(=O)O)(CC3)C4)c2CC[C@@H]1O.COC(=O)N1c2ccc3c(nc(Cc4ccccc4)n3C3CCC(C)(C(=O)O)CC3)c2CC[C@@H]1C.COC(=O)N1c2ccc3c(nc(Cc4ccccc4)n3C3CCCCC3)c2CC[C@@H]1C. The van der Waals surface area contributed by atoms with Gasteiger partial charge in [0.1, 0.15) is 40.3 Å². The van der Waals surface area contributed by atoms with Gasteiger partial charge in [-0.05, 0) is 253 Å².